The monoisotopic (exact) mass is 294 g/mol. The van der Waals surface area contributed by atoms with Crippen LogP contribution in [0.1, 0.15) is 6.42 Å². The van der Waals surface area contributed by atoms with E-state index in [2.05, 4.69) is 0 Å². The zero-order valence-corrected chi connectivity index (χ0v) is 10.3. The molecule has 1 atom stereocenters. The van der Waals surface area contributed by atoms with Gasteiger partial charge in [-0.25, -0.2) is 17.2 Å². The van der Waals surface area contributed by atoms with Gasteiger partial charge in [-0.1, -0.05) is 0 Å². The number of alkyl halides is 4. The molecule has 10 heteroatoms. The van der Waals surface area contributed by atoms with E-state index in [1.54, 1.807) is 5.32 Å². The molecule has 0 heterocycles. The van der Waals surface area contributed by atoms with Gasteiger partial charge in [-0.2, -0.15) is 8.78 Å². The summed E-state index contributed by atoms with van der Waals surface area (Å²) in [6.45, 7) is -1.55. The van der Waals surface area contributed by atoms with E-state index >= 15 is 0 Å². The Morgan fingerprint density at radius 3 is 2.28 bits per heavy atom. The molecule has 0 rings (SSSR count). The molecule has 0 bridgehead atoms. The van der Waals surface area contributed by atoms with Gasteiger partial charge >= 0.3 is 12.3 Å². The maximum Gasteiger partial charge on any atom is 0.324 e. The topological polar surface area (TPSA) is 89.3 Å². The number of carbonyl (C=O) groups excluding carboxylic acids is 1. The van der Waals surface area contributed by atoms with Gasteiger partial charge in [-0.3, -0.25) is 4.79 Å². The number of amides is 1. The summed E-state index contributed by atoms with van der Waals surface area (Å²) >= 11 is 0. The fourth-order valence-corrected chi connectivity index (χ4v) is 1.57. The average molecular weight is 294 g/mol. The Hall–Kier alpha value is -0.900. The molecule has 5 nitrogen and oxygen atoms in total. The van der Waals surface area contributed by atoms with E-state index in [4.69, 9.17) is 5.73 Å². The minimum absolute atomic E-state index is 0.273. The van der Waals surface area contributed by atoms with Crippen molar-refractivity contribution in [1.29, 1.82) is 0 Å². The summed E-state index contributed by atoms with van der Waals surface area (Å²) in [5.74, 6) is -5.84. The lowest BCUT2D eigenvalue weighted by atomic mass is 10.2. The largest absolute Gasteiger partial charge is 0.348 e. The van der Waals surface area contributed by atoms with Crippen LogP contribution >= 0.6 is 0 Å². The first-order valence-electron chi connectivity index (χ1n) is 4.82. The summed E-state index contributed by atoms with van der Waals surface area (Å²) in [6.07, 6.45) is -3.25. The van der Waals surface area contributed by atoms with Crippen molar-refractivity contribution < 1.29 is 30.8 Å². The molecule has 0 aliphatic rings. The Bertz CT molecular complexity index is 386. The minimum atomic E-state index is -4.34. The average Bonchev–Trinajstić information content (AvgIpc) is 2.21. The second-order valence-electron chi connectivity index (χ2n) is 3.80. The third-order valence-corrected chi connectivity index (χ3v) is 2.93. The molecule has 0 radical (unpaired) electrons. The molecular weight excluding hydrogens is 280 g/mol. The molecule has 0 aromatic heterocycles. The molecule has 1 amide bonds. The van der Waals surface area contributed by atoms with Crippen molar-refractivity contribution in [2.24, 2.45) is 5.73 Å². The summed E-state index contributed by atoms with van der Waals surface area (Å²) in [5.41, 5.74) is 5.22. The predicted octanol–water partition coefficient (Wildman–Crippen LogP) is -0.235. The van der Waals surface area contributed by atoms with Crippen LogP contribution in [-0.4, -0.2) is 51.3 Å². The first kappa shape index (κ1) is 17.1. The molecule has 0 saturated heterocycles. The molecule has 0 saturated carbocycles. The third-order valence-electron chi connectivity index (χ3n) is 1.95. The zero-order valence-electron chi connectivity index (χ0n) is 9.50. The Kier molecular flexibility index (Phi) is 6.00. The highest BCUT2D eigenvalue weighted by Crippen LogP contribution is 2.21. The molecule has 108 valence electrons. The van der Waals surface area contributed by atoms with Crippen molar-refractivity contribution >= 4 is 15.7 Å². The van der Waals surface area contributed by atoms with Crippen molar-refractivity contribution in [2.45, 2.75) is 24.8 Å². The highest BCUT2D eigenvalue weighted by molar-refractivity contribution is 7.90. The van der Waals surface area contributed by atoms with Crippen LogP contribution in [0.3, 0.4) is 0 Å². The second-order valence-corrected chi connectivity index (χ2v) is 6.06. The number of rotatable bonds is 7. The van der Waals surface area contributed by atoms with Gasteiger partial charge in [0.1, 0.15) is 9.84 Å². The van der Waals surface area contributed by atoms with Crippen molar-refractivity contribution in [1.82, 2.24) is 5.32 Å². The van der Waals surface area contributed by atoms with Crippen molar-refractivity contribution in [3.8, 4) is 0 Å². The fourth-order valence-electron chi connectivity index (χ4n) is 0.885. The summed E-state index contributed by atoms with van der Waals surface area (Å²) < 4.78 is 69.9. The van der Waals surface area contributed by atoms with Crippen LogP contribution in [0.4, 0.5) is 17.6 Å². The number of hydrogen-bond donors (Lipinski definition) is 2. The van der Waals surface area contributed by atoms with E-state index in [9.17, 15) is 30.8 Å². The minimum Gasteiger partial charge on any atom is -0.348 e. The predicted molar refractivity (Wildman–Crippen MR) is 56.3 cm³/mol. The lowest BCUT2D eigenvalue weighted by Gasteiger charge is -2.17. The molecule has 18 heavy (non-hydrogen) atoms. The van der Waals surface area contributed by atoms with Gasteiger partial charge in [0.15, 0.2) is 0 Å². The summed E-state index contributed by atoms with van der Waals surface area (Å²) in [4.78, 5) is 11.1. The van der Waals surface area contributed by atoms with Gasteiger partial charge in [-0.15, -0.1) is 0 Å². The van der Waals surface area contributed by atoms with Gasteiger partial charge in [0, 0.05) is 6.26 Å². The number of hydrogen-bond acceptors (Lipinski definition) is 4. The number of sulfone groups is 1. The van der Waals surface area contributed by atoms with Crippen molar-refractivity contribution in [3.63, 3.8) is 0 Å². The van der Waals surface area contributed by atoms with E-state index in [-0.39, 0.29) is 6.42 Å². The number of nitrogens with two attached hydrogens (primary N) is 1. The molecule has 0 aromatic rings. The Morgan fingerprint density at radius 2 is 1.89 bits per heavy atom. The SMILES string of the molecule is CS(=O)(=O)CCC(N)C(=O)NCC(F)(F)C(F)F. The number of carbonyl (C=O) groups is 1. The Balaban J connectivity index is 4.18. The van der Waals surface area contributed by atoms with Gasteiger partial charge in [-0.05, 0) is 6.42 Å². The van der Waals surface area contributed by atoms with Crippen LogP contribution in [0.5, 0.6) is 0 Å². The summed E-state index contributed by atoms with van der Waals surface area (Å²) in [6, 6.07) is -1.34. The third kappa shape index (κ3) is 6.74. The lowest BCUT2D eigenvalue weighted by Crippen LogP contribution is -2.47. The smallest absolute Gasteiger partial charge is 0.324 e. The molecule has 0 aromatic carbocycles. The highest BCUT2D eigenvalue weighted by Gasteiger charge is 2.41. The molecule has 0 spiro atoms. The first-order valence-corrected chi connectivity index (χ1v) is 6.89. The highest BCUT2D eigenvalue weighted by atomic mass is 32.2. The quantitative estimate of drug-likeness (QED) is 0.634. The van der Waals surface area contributed by atoms with Crippen molar-refractivity contribution in [2.75, 3.05) is 18.6 Å². The van der Waals surface area contributed by atoms with Gasteiger partial charge in [0.05, 0.1) is 18.3 Å². The van der Waals surface area contributed by atoms with E-state index in [1.807, 2.05) is 0 Å². The molecular formula is C8H14F4N2O3S. The molecule has 3 N–H and O–H groups in total. The maximum absolute atomic E-state index is 12.4. The van der Waals surface area contributed by atoms with Crippen LogP contribution in [0.15, 0.2) is 0 Å². The van der Waals surface area contributed by atoms with Gasteiger partial charge in [0.2, 0.25) is 5.91 Å². The second kappa shape index (κ2) is 6.32. The van der Waals surface area contributed by atoms with Crippen LogP contribution < -0.4 is 11.1 Å². The van der Waals surface area contributed by atoms with Crippen LogP contribution in [-0.2, 0) is 14.6 Å². The van der Waals surface area contributed by atoms with Crippen LogP contribution in [0.25, 0.3) is 0 Å². The fraction of sp³-hybridized carbons (Fsp3) is 0.875. The van der Waals surface area contributed by atoms with E-state index < -0.39 is 46.4 Å². The normalized spacial score (nSPS) is 14.6. The molecule has 0 aliphatic carbocycles. The van der Waals surface area contributed by atoms with E-state index in [0.29, 0.717) is 0 Å². The molecule has 0 aliphatic heterocycles. The lowest BCUT2D eigenvalue weighted by molar-refractivity contribution is -0.137. The molecule has 0 fully saturated rings. The zero-order chi connectivity index (χ0) is 14.6. The van der Waals surface area contributed by atoms with Crippen LogP contribution in [0, 0.1) is 0 Å². The van der Waals surface area contributed by atoms with Crippen LogP contribution in [0.2, 0.25) is 0 Å². The van der Waals surface area contributed by atoms with E-state index in [1.165, 1.54) is 0 Å². The molecule has 1 unspecified atom stereocenters. The number of nitrogens with one attached hydrogen (secondary N) is 1. The van der Waals surface area contributed by atoms with Gasteiger partial charge < -0.3 is 11.1 Å². The van der Waals surface area contributed by atoms with Crippen molar-refractivity contribution in [3.05, 3.63) is 0 Å². The standard InChI is InChI=1S/C8H14F4N2O3S/c1-18(16,17)3-2-5(13)6(15)14-4-8(11,12)7(9)10/h5,7H,2-4,13H2,1H3,(H,14,15). The summed E-state index contributed by atoms with van der Waals surface area (Å²) in [5, 5.41) is 1.55. The Morgan fingerprint density at radius 1 is 1.39 bits per heavy atom. The Labute approximate surface area is 102 Å². The number of halogens is 4. The van der Waals surface area contributed by atoms with Gasteiger partial charge in [0.25, 0.3) is 0 Å². The summed E-state index contributed by atoms with van der Waals surface area (Å²) in [7, 11) is -3.34. The first-order chi connectivity index (χ1) is 7.96. The van der Waals surface area contributed by atoms with E-state index in [0.717, 1.165) is 6.26 Å². The maximum atomic E-state index is 12.4.